The molecule has 0 radical (unpaired) electrons. The Kier molecular flexibility index (Phi) is 5.41. The first-order valence-corrected chi connectivity index (χ1v) is 7.41. The number of nitrogens with zero attached hydrogens (tertiary/aromatic N) is 1. The lowest BCUT2D eigenvalue weighted by Gasteiger charge is -2.26. The van der Waals surface area contributed by atoms with Gasteiger partial charge in [0, 0.05) is 25.2 Å². The van der Waals surface area contributed by atoms with Crippen molar-refractivity contribution < 1.29 is 9.90 Å². The van der Waals surface area contributed by atoms with Gasteiger partial charge in [-0.05, 0) is 31.9 Å². The van der Waals surface area contributed by atoms with Crippen LogP contribution in [0.3, 0.4) is 0 Å². The lowest BCUT2D eigenvalue weighted by atomic mass is 10.0. The van der Waals surface area contributed by atoms with E-state index in [1.807, 2.05) is 13.1 Å². The minimum absolute atomic E-state index is 0.0577. The van der Waals surface area contributed by atoms with Gasteiger partial charge in [0.15, 0.2) is 0 Å². The number of amides is 1. The average molecular weight is 276 g/mol. The first kappa shape index (κ1) is 14.9. The molecular formula is C16H24N2O2. The SMILES string of the molecule is CN(CCC1CCCCN1)C(=O)Cc1ccccc1O. The number of carbonyl (C=O) groups is 1. The van der Waals surface area contributed by atoms with Crippen LogP contribution >= 0.6 is 0 Å². The molecule has 2 rings (SSSR count). The zero-order valence-corrected chi connectivity index (χ0v) is 12.1. The number of phenols is 1. The van der Waals surface area contributed by atoms with Gasteiger partial charge in [-0.25, -0.2) is 0 Å². The van der Waals surface area contributed by atoms with Crippen molar-refractivity contribution in [3.05, 3.63) is 29.8 Å². The van der Waals surface area contributed by atoms with Crippen LogP contribution in [0.1, 0.15) is 31.2 Å². The van der Waals surface area contributed by atoms with E-state index in [1.54, 1.807) is 23.1 Å². The molecule has 1 unspecified atom stereocenters. The van der Waals surface area contributed by atoms with Crippen LogP contribution in [0, 0.1) is 0 Å². The maximum Gasteiger partial charge on any atom is 0.226 e. The zero-order valence-electron chi connectivity index (χ0n) is 12.1. The monoisotopic (exact) mass is 276 g/mol. The van der Waals surface area contributed by atoms with Gasteiger partial charge in [-0.1, -0.05) is 24.6 Å². The quantitative estimate of drug-likeness (QED) is 0.864. The first-order chi connectivity index (χ1) is 9.66. The van der Waals surface area contributed by atoms with E-state index in [9.17, 15) is 9.90 Å². The van der Waals surface area contributed by atoms with E-state index < -0.39 is 0 Å². The van der Waals surface area contributed by atoms with Gasteiger partial charge in [-0.3, -0.25) is 4.79 Å². The summed E-state index contributed by atoms with van der Waals surface area (Å²) in [6.07, 6.45) is 5.03. The predicted octanol–water partition coefficient (Wildman–Crippen LogP) is 1.93. The number of piperidine rings is 1. The lowest BCUT2D eigenvalue weighted by molar-refractivity contribution is -0.129. The van der Waals surface area contributed by atoms with E-state index in [0.717, 1.165) is 19.5 Å². The molecule has 1 aliphatic rings. The van der Waals surface area contributed by atoms with Crippen molar-refractivity contribution in [3.8, 4) is 5.75 Å². The molecule has 0 spiro atoms. The average Bonchev–Trinajstić information content (AvgIpc) is 2.48. The van der Waals surface area contributed by atoms with Gasteiger partial charge in [0.2, 0.25) is 5.91 Å². The van der Waals surface area contributed by atoms with Crippen molar-refractivity contribution in [2.24, 2.45) is 0 Å². The molecule has 1 saturated heterocycles. The third-order valence-electron chi connectivity index (χ3n) is 3.98. The summed E-state index contributed by atoms with van der Waals surface area (Å²) in [7, 11) is 1.84. The molecule has 4 heteroatoms. The summed E-state index contributed by atoms with van der Waals surface area (Å²) in [6, 6.07) is 7.57. The van der Waals surface area contributed by atoms with E-state index in [-0.39, 0.29) is 18.1 Å². The molecule has 0 aromatic heterocycles. The van der Waals surface area contributed by atoms with E-state index in [2.05, 4.69) is 5.32 Å². The minimum Gasteiger partial charge on any atom is -0.508 e. The molecule has 1 aromatic carbocycles. The van der Waals surface area contributed by atoms with Crippen LogP contribution in [0.15, 0.2) is 24.3 Å². The van der Waals surface area contributed by atoms with Gasteiger partial charge in [0.05, 0.1) is 6.42 Å². The lowest BCUT2D eigenvalue weighted by Crippen LogP contribution is -2.38. The van der Waals surface area contributed by atoms with Gasteiger partial charge in [0.25, 0.3) is 0 Å². The smallest absolute Gasteiger partial charge is 0.226 e. The van der Waals surface area contributed by atoms with Crippen LogP contribution in [0.4, 0.5) is 0 Å². The van der Waals surface area contributed by atoms with Crippen molar-refractivity contribution in [1.29, 1.82) is 0 Å². The molecule has 1 atom stereocenters. The fraction of sp³-hybridized carbons (Fsp3) is 0.562. The summed E-state index contributed by atoms with van der Waals surface area (Å²) in [6.45, 7) is 1.87. The number of hydrogen-bond donors (Lipinski definition) is 2. The molecule has 1 aromatic rings. The Labute approximate surface area is 120 Å². The summed E-state index contributed by atoms with van der Waals surface area (Å²) in [5.41, 5.74) is 0.695. The second-order valence-electron chi connectivity index (χ2n) is 5.56. The number of phenolic OH excluding ortho intramolecular Hbond substituents is 1. The highest BCUT2D eigenvalue weighted by molar-refractivity contribution is 5.79. The maximum atomic E-state index is 12.1. The van der Waals surface area contributed by atoms with E-state index in [1.165, 1.54) is 19.3 Å². The van der Waals surface area contributed by atoms with Crippen LogP contribution in [0.5, 0.6) is 5.75 Å². The topological polar surface area (TPSA) is 52.6 Å². The Bertz CT molecular complexity index is 442. The summed E-state index contributed by atoms with van der Waals surface area (Å²) in [5, 5.41) is 13.2. The second-order valence-corrected chi connectivity index (χ2v) is 5.56. The van der Waals surface area contributed by atoms with Gasteiger partial charge in [0.1, 0.15) is 5.75 Å². The van der Waals surface area contributed by atoms with Crippen LogP contribution in [-0.4, -0.2) is 42.1 Å². The molecule has 0 saturated carbocycles. The molecule has 1 aliphatic heterocycles. The largest absolute Gasteiger partial charge is 0.508 e. The van der Waals surface area contributed by atoms with Crippen LogP contribution in [-0.2, 0) is 11.2 Å². The fourth-order valence-corrected chi connectivity index (χ4v) is 2.60. The molecular weight excluding hydrogens is 252 g/mol. The predicted molar refractivity (Wildman–Crippen MR) is 79.7 cm³/mol. The molecule has 0 bridgehead atoms. The number of aromatic hydroxyl groups is 1. The summed E-state index contributed by atoms with van der Waals surface area (Å²) in [5.74, 6) is 0.255. The Hall–Kier alpha value is -1.55. The van der Waals surface area contributed by atoms with Gasteiger partial charge < -0.3 is 15.3 Å². The van der Waals surface area contributed by atoms with Crippen molar-refractivity contribution in [1.82, 2.24) is 10.2 Å². The Morgan fingerprint density at radius 1 is 1.40 bits per heavy atom. The Balaban J connectivity index is 1.78. The van der Waals surface area contributed by atoms with Crippen molar-refractivity contribution >= 4 is 5.91 Å². The fourth-order valence-electron chi connectivity index (χ4n) is 2.60. The van der Waals surface area contributed by atoms with Crippen molar-refractivity contribution in [2.45, 2.75) is 38.1 Å². The molecule has 1 amide bonds. The molecule has 0 aliphatic carbocycles. The number of para-hydroxylation sites is 1. The molecule has 1 fully saturated rings. The molecule has 2 N–H and O–H groups in total. The van der Waals surface area contributed by atoms with Crippen LogP contribution < -0.4 is 5.32 Å². The molecule has 110 valence electrons. The van der Waals surface area contributed by atoms with Gasteiger partial charge in [-0.15, -0.1) is 0 Å². The second kappa shape index (κ2) is 7.29. The minimum atomic E-state index is 0.0577. The number of likely N-dealkylation sites (N-methyl/N-ethyl adjacent to an activating group) is 1. The summed E-state index contributed by atoms with van der Waals surface area (Å²) < 4.78 is 0. The standard InChI is InChI=1S/C16H24N2O2/c1-18(11-9-14-7-4-5-10-17-14)16(20)12-13-6-2-3-8-15(13)19/h2-3,6,8,14,17,19H,4-5,7,9-12H2,1H3. The maximum absolute atomic E-state index is 12.1. The zero-order chi connectivity index (χ0) is 14.4. The van der Waals surface area contributed by atoms with Crippen molar-refractivity contribution in [2.75, 3.05) is 20.1 Å². The number of hydrogen-bond acceptors (Lipinski definition) is 3. The normalized spacial score (nSPS) is 18.8. The highest BCUT2D eigenvalue weighted by Crippen LogP contribution is 2.17. The Morgan fingerprint density at radius 3 is 2.90 bits per heavy atom. The summed E-state index contributed by atoms with van der Waals surface area (Å²) >= 11 is 0. The highest BCUT2D eigenvalue weighted by Gasteiger charge is 2.16. The van der Waals surface area contributed by atoms with Crippen molar-refractivity contribution in [3.63, 3.8) is 0 Å². The van der Waals surface area contributed by atoms with E-state index in [0.29, 0.717) is 11.6 Å². The van der Waals surface area contributed by atoms with Gasteiger partial charge in [-0.2, -0.15) is 0 Å². The number of benzene rings is 1. The van der Waals surface area contributed by atoms with Crippen LogP contribution in [0.25, 0.3) is 0 Å². The van der Waals surface area contributed by atoms with Gasteiger partial charge >= 0.3 is 0 Å². The number of rotatable bonds is 5. The highest BCUT2D eigenvalue weighted by atomic mass is 16.3. The third kappa shape index (κ3) is 4.23. The summed E-state index contributed by atoms with van der Waals surface area (Å²) in [4.78, 5) is 13.9. The van der Waals surface area contributed by atoms with E-state index in [4.69, 9.17) is 0 Å². The number of nitrogens with one attached hydrogen (secondary N) is 1. The number of carbonyl (C=O) groups excluding carboxylic acids is 1. The third-order valence-corrected chi connectivity index (χ3v) is 3.98. The van der Waals surface area contributed by atoms with Crippen LogP contribution in [0.2, 0.25) is 0 Å². The molecule has 20 heavy (non-hydrogen) atoms. The van der Waals surface area contributed by atoms with E-state index >= 15 is 0 Å². The molecule has 1 heterocycles. The first-order valence-electron chi connectivity index (χ1n) is 7.41. The molecule has 4 nitrogen and oxygen atoms in total. The Morgan fingerprint density at radius 2 is 2.20 bits per heavy atom.